The van der Waals surface area contributed by atoms with Gasteiger partial charge in [0.15, 0.2) is 0 Å². The molecule has 0 unspecified atom stereocenters. The summed E-state index contributed by atoms with van der Waals surface area (Å²) >= 11 is 6.52. The van der Waals surface area contributed by atoms with E-state index in [0.29, 0.717) is 16.2 Å². The molecule has 0 spiro atoms. The second-order valence-corrected chi connectivity index (χ2v) is 3.61. The zero-order chi connectivity index (χ0) is 9.84. The van der Waals surface area contributed by atoms with Gasteiger partial charge in [0.1, 0.15) is 0 Å². The first kappa shape index (κ1) is 10.7. The molecule has 13 heavy (non-hydrogen) atoms. The molecule has 0 bridgehead atoms. The third-order valence-corrected chi connectivity index (χ3v) is 2.89. The standard InChI is InChI=1S/C8H7Br2NO2/c9-4-6-1-2-8(11(12)13)7(3-6)5-10/h1-3H,4-5H2. The van der Waals surface area contributed by atoms with Gasteiger partial charge in [0, 0.05) is 22.3 Å². The Morgan fingerprint density at radius 3 is 2.46 bits per heavy atom. The molecular formula is C8H7Br2NO2. The molecule has 0 saturated carbocycles. The van der Waals surface area contributed by atoms with Crippen molar-refractivity contribution < 1.29 is 4.92 Å². The number of benzene rings is 1. The summed E-state index contributed by atoms with van der Waals surface area (Å²) in [7, 11) is 0. The van der Waals surface area contributed by atoms with Gasteiger partial charge in [-0.3, -0.25) is 10.1 Å². The maximum Gasteiger partial charge on any atom is 0.273 e. The van der Waals surface area contributed by atoms with E-state index in [0.717, 1.165) is 5.56 Å². The minimum Gasteiger partial charge on any atom is -0.258 e. The highest BCUT2D eigenvalue weighted by Crippen LogP contribution is 2.23. The van der Waals surface area contributed by atoms with Gasteiger partial charge >= 0.3 is 0 Å². The van der Waals surface area contributed by atoms with Crippen molar-refractivity contribution in [1.82, 2.24) is 0 Å². The average Bonchev–Trinajstić information content (AvgIpc) is 2.16. The number of alkyl halides is 2. The molecule has 5 heteroatoms. The SMILES string of the molecule is O=[N+]([O-])c1ccc(CBr)cc1CBr. The quantitative estimate of drug-likeness (QED) is 0.488. The summed E-state index contributed by atoms with van der Waals surface area (Å²) in [5.41, 5.74) is 1.92. The van der Waals surface area contributed by atoms with Gasteiger partial charge < -0.3 is 0 Å². The van der Waals surface area contributed by atoms with Crippen molar-refractivity contribution in [1.29, 1.82) is 0 Å². The third kappa shape index (κ3) is 2.51. The van der Waals surface area contributed by atoms with Crippen LogP contribution in [0.15, 0.2) is 18.2 Å². The minimum absolute atomic E-state index is 0.168. The minimum atomic E-state index is -0.366. The second kappa shape index (κ2) is 4.72. The Bertz CT molecular complexity index is 328. The van der Waals surface area contributed by atoms with Gasteiger partial charge in [-0.25, -0.2) is 0 Å². The molecule has 0 aromatic heterocycles. The van der Waals surface area contributed by atoms with Gasteiger partial charge in [-0.05, 0) is 11.6 Å². The fourth-order valence-electron chi connectivity index (χ4n) is 1.01. The van der Waals surface area contributed by atoms with E-state index in [2.05, 4.69) is 31.9 Å². The first-order valence-corrected chi connectivity index (χ1v) is 5.81. The molecule has 0 amide bonds. The first-order valence-electron chi connectivity index (χ1n) is 3.57. The summed E-state index contributed by atoms with van der Waals surface area (Å²) in [6.45, 7) is 0. The van der Waals surface area contributed by atoms with Crippen molar-refractivity contribution in [3.05, 3.63) is 39.4 Å². The van der Waals surface area contributed by atoms with Gasteiger partial charge in [-0.1, -0.05) is 37.9 Å². The number of hydrogen-bond acceptors (Lipinski definition) is 2. The van der Waals surface area contributed by atoms with E-state index in [1.54, 1.807) is 6.07 Å². The Morgan fingerprint density at radius 2 is 2.00 bits per heavy atom. The van der Waals surface area contributed by atoms with Crippen LogP contribution in [0.2, 0.25) is 0 Å². The molecule has 0 heterocycles. The van der Waals surface area contributed by atoms with E-state index < -0.39 is 0 Å². The zero-order valence-electron chi connectivity index (χ0n) is 6.67. The van der Waals surface area contributed by atoms with Gasteiger partial charge in [0.2, 0.25) is 0 Å². The number of nitrogens with zero attached hydrogens (tertiary/aromatic N) is 1. The van der Waals surface area contributed by atoms with E-state index in [1.165, 1.54) is 6.07 Å². The molecule has 0 aliphatic heterocycles. The molecule has 1 aromatic carbocycles. The molecule has 1 aromatic rings. The van der Waals surface area contributed by atoms with E-state index >= 15 is 0 Å². The molecule has 0 fully saturated rings. The van der Waals surface area contributed by atoms with E-state index in [-0.39, 0.29) is 10.6 Å². The molecule has 0 radical (unpaired) electrons. The Kier molecular flexibility index (Phi) is 3.87. The molecule has 0 N–H and O–H groups in total. The maximum atomic E-state index is 10.6. The Morgan fingerprint density at radius 1 is 1.31 bits per heavy atom. The van der Waals surface area contributed by atoms with Crippen LogP contribution in [0.4, 0.5) is 5.69 Å². The highest BCUT2D eigenvalue weighted by atomic mass is 79.9. The van der Waals surface area contributed by atoms with Crippen LogP contribution in [0.25, 0.3) is 0 Å². The monoisotopic (exact) mass is 307 g/mol. The lowest BCUT2D eigenvalue weighted by Crippen LogP contribution is -1.94. The maximum absolute atomic E-state index is 10.6. The highest BCUT2D eigenvalue weighted by molar-refractivity contribution is 9.08. The van der Waals surface area contributed by atoms with Gasteiger partial charge in [-0.15, -0.1) is 0 Å². The normalized spacial score (nSPS) is 10.0. The summed E-state index contributed by atoms with van der Waals surface area (Å²) in [4.78, 5) is 10.2. The third-order valence-electron chi connectivity index (χ3n) is 1.64. The Balaban J connectivity index is 3.15. The highest BCUT2D eigenvalue weighted by Gasteiger charge is 2.12. The summed E-state index contributed by atoms with van der Waals surface area (Å²) in [6, 6.07) is 5.11. The molecule has 0 aliphatic rings. The fraction of sp³-hybridized carbons (Fsp3) is 0.250. The topological polar surface area (TPSA) is 43.1 Å². The van der Waals surface area contributed by atoms with Gasteiger partial charge in [0.25, 0.3) is 5.69 Å². The number of hydrogen-bond donors (Lipinski definition) is 0. The predicted octanol–water partition coefficient (Wildman–Crippen LogP) is 3.38. The Labute approximate surface area is 92.5 Å². The van der Waals surface area contributed by atoms with Gasteiger partial charge in [0.05, 0.1) is 4.92 Å². The van der Waals surface area contributed by atoms with Crippen LogP contribution in [-0.4, -0.2) is 4.92 Å². The number of halogens is 2. The molecular weight excluding hydrogens is 302 g/mol. The molecule has 1 rings (SSSR count). The predicted molar refractivity (Wildman–Crippen MR) is 58.4 cm³/mol. The largest absolute Gasteiger partial charge is 0.273 e. The van der Waals surface area contributed by atoms with Crippen molar-refractivity contribution in [2.75, 3.05) is 0 Å². The van der Waals surface area contributed by atoms with E-state index in [1.807, 2.05) is 6.07 Å². The summed E-state index contributed by atoms with van der Waals surface area (Å²) in [6.07, 6.45) is 0. The van der Waals surface area contributed by atoms with Crippen molar-refractivity contribution in [3.63, 3.8) is 0 Å². The lowest BCUT2D eigenvalue weighted by atomic mass is 10.1. The Hall–Kier alpha value is -0.420. The van der Waals surface area contributed by atoms with Crippen LogP contribution in [-0.2, 0) is 10.7 Å². The van der Waals surface area contributed by atoms with Crippen LogP contribution in [0.5, 0.6) is 0 Å². The molecule has 3 nitrogen and oxygen atoms in total. The lowest BCUT2D eigenvalue weighted by molar-refractivity contribution is -0.385. The number of nitro benzene ring substituents is 1. The zero-order valence-corrected chi connectivity index (χ0v) is 9.84. The fourth-order valence-corrected chi connectivity index (χ4v) is 1.81. The van der Waals surface area contributed by atoms with Crippen LogP contribution >= 0.6 is 31.9 Å². The number of nitro groups is 1. The smallest absolute Gasteiger partial charge is 0.258 e. The van der Waals surface area contributed by atoms with Crippen molar-refractivity contribution in [2.24, 2.45) is 0 Å². The van der Waals surface area contributed by atoms with Gasteiger partial charge in [-0.2, -0.15) is 0 Å². The average molecular weight is 309 g/mol. The van der Waals surface area contributed by atoms with Crippen molar-refractivity contribution in [3.8, 4) is 0 Å². The second-order valence-electron chi connectivity index (χ2n) is 2.49. The summed E-state index contributed by atoms with van der Waals surface area (Å²) < 4.78 is 0. The molecule has 0 saturated heterocycles. The molecule has 0 aliphatic carbocycles. The lowest BCUT2D eigenvalue weighted by Gasteiger charge is -2.00. The van der Waals surface area contributed by atoms with Crippen molar-refractivity contribution >= 4 is 37.5 Å². The number of rotatable bonds is 3. The summed E-state index contributed by atoms with van der Waals surface area (Å²) in [5.74, 6) is 0. The van der Waals surface area contributed by atoms with E-state index in [9.17, 15) is 10.1 Å². The first-order chi connectivity index (χ1) is 6.19. The van der Waals surface area contributed by atoms with Crippen molar-refractivity contribution in [2.45, 2.75) is 10.7 Å². The van der Waals surface area contributed by atoms with Crippen LogP contribution < -0.4 is 0 Å². The summed E-state index contributed by atoms with van der Waals surface area (Å²) in [5, 5.41) is 11.8. The van der Waals surface area contributed by atoms with Crippen LogP contribution in [0.1, 0.15) is 11.1 Å². The molecule has 70 valence electrons. The van der Waals surface area contributed by atoms with Crippen LogP contribution in [0.3, 0.4) is 0 Å². The molecule has 0 atom stereocenters. The van der Waals surface area contributed by atoms with Crippen LogP contribution in [0, 0.1) is 10.1 Å². The van der Waals surface area contributed by atoms with E-state index in [4.69, 9.17) is 0 Å².